The van der Waals surface area contributed by atoms with Crippen LogP contribution in [0.2, 0.25) is 0 Å². The molecule has 1 aromatic carbocycles. The molecule has 1 aromatic rings. The van der Waals surface area contributed by atoms with Crippen LogP contribution in [-0.4, -0.2) is 60.6 Å². The van der Waals surface area contributed by atoms with Gasteiger partial charge < -0.3 is 24.0 Å². The molecule has 136 valence electrons. The van der Waals surface area contributed by atoms with E-state index in [9.17, 15) is 0 Å². The SMILES string of the molecule is COc1cccc(OC)c1OCCCCCC[NH+]1CC[NH+](C)CC1. The summed E-state index contributed by atoms with van der Waals surface area (Å²) in [4.78, 5) is 3.47. The summed E-state index contributed by atoms with van der Waals surface area (Å²) in [6.07, 6.45) is 4.91. The fourth-order valence-corrected chi connectivity index (χ4v) is 3.24. The number of benzene rings is 1. The van der Waals surface area contributed by atoms with Crippen LogP contribution in [-0.2, 0) is 0 Å². The molecule has 1 aliphatic heterocycles. The summed E-state index contributed by atoms with van der Waals surface area (Å²) < 4.78 is 16.6. The molecule has 1 aliphatic rings. The molecule has 0 amide bonds. The molecule has 1 saturated heterocycles. The highest BCUT2D eigenvalue weighted by Crippen LogP contribution is 2.36. The van der Waals surface area contributed by atoms with Crippen LogP contribution in [0.5, 0.6) is 17.2 Å². The zero-order valence-corrected chi connectivity index (χ0v) is 15.5. The zero-order chi connectivity index (χ0) is 17.2. The predicted molar refractivity (Wildman–Crippen MR) is 95.7 cm³/mol. The van der Waals surface area contributed by atoms with E-state index in [0.717, 1.165) is 17.9 Å². The molecule has 0 spiro atoms. The third kappa shape index (κ3) is 5.87. The number of nitrogens with one attached hydrogen (secondary N) is 2. The van der Waals surface area contributed by atoms with Gasteiger partial charge in [0.25, 0.3) is 0 Å². The Bertz CT molecular complexity index is 451. The van der Waals surface area contributed by atoms with Crippen LogP contribution in [0, 0.1) is 0 Å². The van der Waals surface area contributed by atoms with Gasteiger partial charge in [-0.05, 0) is 37.8 Å². The van der Waals surface area contributed by atoms with Crippen LogP contribution in [0.25, 0.3) is 0 Å². The van der Waals surface area contributed by atoms with E-state index in [1.54, 1.807) is 24.0 Å². The van der Waals surface area contributed by atoms with E-state index in [1.807, 2.05) is 18.2 Å². The van der Waals surface area contributed by atoms with Crippen molar-refractivity contribution in [1.82, 2.24) is 0 Å². The summed E-state index contributed by atoms with van der Waals surface area (Å²) in [7, 11) is 5.61. The monoisotopic (exact) mass is 338 g/mol. The highest BCUT2D eigenvalue weighted by molar-refractivity contribution is 5.51. The fourth-order valence-electron chi connectivity index (χ4n) is 3.24. The van der Waals surface area contributed by atoms with Crippen molar-refractivity contribution >= 4 is 0 Å². The van der Waals surface area contributed by atoms with Gasteiger partial charge in [-0.1, -0.05) is 6.07 Å². The van der Waals surface area contributed by atoms with Crippen molar-refractivity contribution in [3.8, 4) is 17.2 Å². The van der Waals surface area contributed by atoms with E-state index in [4.69, 9.17) is 14.2 Å². The lowest BCUT2D eigenvalue weighted by Crippen LogP contribution is -3.27. The lowest BCUT2D eigenvalue weighted by Gasteiger charge is -2.27. The first-order chi connectivity index (χ1) is 11.7. The Morgan fingerprint density at radius 3 is 2.12 bits per heavy atom. The van der Waals surface area contributed by atoms with Gasteiger partial charge in [0.05, 0.1) is 34.4 Å². The molecule has 0 radical (unpaired) electrons. The summed E-state index contributed by atoms with van der Waals surface area (Å²) >= 11 is 0. The van der Waals surface area contributed by atoms with Crippen LogP contribution in [0.1, 0.15) is 25.7 Å². The van der Waals surface area contributed by atoms with E-state index in [-0.39, 0.29) is 0 Å². The number of methoxy groups -OCH3 is 2. The number of piperazine rings is 1. The van der Waals surface area contributed by atoms with Crippen molar-refractivity contribution in [3.63, 3.8) is 0 Å². The minimum absolute atomic E-state index is 0.710. The molecule has 0 saturated carbocycles. The molecule has 0 atom stereocenters. The second-order valence-corrected chi connectivity index (χ2v) is 6.71. The molecule has 0 aliphatic carbocycles. The molecule has 24 heavy (non-hydrogen) atoms. The van der Waals surface area contributed by atoms with Crippen molar-refractivity contribution in [1.29, 1.82) is 0 Å². The number of para-hydroxylation sites is 1. The molecule has 5 heteroatoms. The molecular formula is C19H34N2O3+2. The van der Waals surface area contributed by atoms with Gasteiger partial charge in [0.2, 0.25) is 5.75 Å². The maximum absolute atomic E-state index is 5.90. The molecule has 2 rings (SSSR count). The maximum atomic E-state index is 5.90. The third-order valence-electron chi connectivity index (χ3n) is 4.86. The maximum Gasteiger partial charge on any atom is 0.203 e. The number of hydrogen-bond acceptors (Lipinski definition) is 3. The number of ether oxygens (including phenoxy) is 3. The molecule has 1 fully saturated rings. The van der Waals surface area contributed by atoms with E-state index < -0.39 is 0 Å². The minimum Gasteiger partial charge on any atom is -0.493 e. The molecular weight excluding hydrogens is 304 g/mol. The third-order valence-corrected chi connectivity index (χ3v) is 4.86. The Morgan fingerprint density at radius 2 is 1.50 bits per heavy atom. The van der Waals surface area contributed by atoms with Crippen LogP contribution < -0.4 is 24.0 Å². The van der Waals surface area contributed by atoms with Gasteiger partial charge in [-0.2, -0.15) is 0 Å². The molecule has 0 aromatic heterocycles. The Labute approximate surface area is 146 Å². The Morgan fingerprint density at radius 1 is 0.875 bits per heavy atom. The van der Waals surface area contributed by atoms with Crippen molar-refractivity contribution in [3.05, 3.63) is 18.2 Å². The largest absolute Gasteiger partial charge is 0.493 e. The van der Waals surface area contributed by atoms with E-state index in [1.165, 1.54) is 52.0 Å². The minimum atomic E-state index is 0.710. The highest BCUT2D eigenvalue weighted by Gasteiger charge is 2.18. The number of rotatable bonds is 10. The second-order valence-electron chi connectivity index (χ2n) is 6.71. The van der Waals surface area contributed by atoms with E-state index >= 15 is 0 Å². The Kier molecular flexibility index (Phi) is 8.19. The Balaban J connectivity index is 1.58. The van der Waals surface area contributed by atoms with Gasteiger partial charge in [-0.25, -0.2) is 0 Å². The van der Waals surface area contributed by atoms with Gasteiger partial charge in [0.15, 0.2) is 11.5 Å². The lowest BCUT2D eigenvalue weighted by molar-refractivity contribution is -1.00. The molecule has 5 nitrogen and oxygen atoms in total. The van der Waals surface area contributed by atoms with Gasteiger partial charge >= 0.3 is 0 Å². The second kappa shape index (κ2) is 10.4. The zero-order valence-electron chi connectivity index (χ0n) is 15.5. The van der Waals surface area contributed by atoms with Gasteiger partial charge in [0, 0.05) is 0 Å². The first-order valence-corrected chi connectivity index (χ1v) is 9.23. The normalized spacial score (nSPS) is 20.6. The average molecular weight is 338 g/mol. The number of quaternary nitrogens is 2. The summed E-state index contributed by atoms with van der Waals surface area (Å²) in [5.74, 6) is 2.18. The van der Waals surface area contributed by atoms with Gasteiger partial charge in [-0.3, -0.25) is 0 Å². The number of unbranched alkanes of at least 4 members (excludes halogenated alkanes) is 3. The van der Waals surface area contributed by atoms with Crippen LogP contribution in [0.15, 0.2) is 18.2 Å². The van der Waals surface area contributed by atoms with Crippen molar-refractivity contribution in [2.45, 2.75) is 25.7 Å². The average Bonchev–Trinajstić information content (AvgIpc) is 2.62. The molecule has 0 unspecified atom stereocenters. The van der Waals surface area contributed by atoms with E-state index in [0.29, 0.717) is 12.4 Å². The summed E-state index contributed by atoms with van der Waals surface area (Å²) in [6.45, 7) is 7.36. The first-order valence-electron chi connectivity index (χ1n) is 9.23. The van der Waals surface area contributed by atoms with Crippen LogP contribution >= 0.6 is 0 Å². The fraction of sp³-hybridized carbons (Fsp3) is 0.684. The number of hydrogen-bond donors (Lipinski definition) is 2. The molecule has 2 N–H and O–H groups in total. The van der Waals surface area contributed by atoms with E-state index in [2.05, 4.69) is 7.05 Å². The molecule has 1 heterocycles. The smallest absolute Gasteiger partial charge is 0.203 e. The standard InChI is InChI=1S/C19H32N2O3/c1-20-12-14-21(15-13-20)11-6-4-5-7-16-24-19-17(22-2)9-8-10-18(19)23-3/h8-10H,4-7,11-16H2,1-3H3/p+2. The van der Waals surface area contributed by atoms with Gasteiger partial charge in [-0.15, -0.1) is 0 Å². The van der Waals surface area contributed by atoms with Crippen molar-refractivity contribution in [2.75, 3.05) is 60.6 Å². The van der Waals surface area contributed by atoms with Gasteiger partial charge in [0.1, 0.15) is 26.2 Å². The summed E-state index contributed by atoms with van der Waals surface area (Å²) in [5.41, 5.74) is 0. The quantitative estimate of drug-likeness (QED) is 0.592. The summed E-state index contributed by atoms with van der Waals surface area (Å²) in [6, 6.07) is 5.71. The van der Waals surface area contributed by atoms with Crippen molar-refractivity contribution in [2.24, 2.45) is 0 Å². The summed E-state index contributed by atoms with van der Waals surface area (Å²) in [5, 5.41) is 0. The Hall–Kier alpha value is -1.46. The predicted octanol–water partition coefficient (Wildman–Crippen LogP) is 0.0562. The highest BCUT2D eigenvalue weighted by atomic mass is 16.5. The van der Waals surface area contributed by atoms with Crippen molar-refractivity contribution < 1.29 is 24.0 Å². The van der Waals surface area contributed by atoms with Crippen LogP contribution in [0.3, 0.4) is 0 Å². The lowest BCUT2D eigenvalue weighted by atomic mass is 10.2. The number of likely N-dealkylation sites (N-methyl/N-ethyl adjacent to an activating group) is 1. The van der Waals surface area contributed by atoms with Crippen LogP contribution in [0.4, 0.5) is 0 Å². The topological polar surface area (TPSA) is 36.6 Å². The first kappa shape index (κ1) is 18.9. The molecule has 0 bridgehead atoms.